The van der Waals surface area contributed by atoms with Gasteiger partial charge in [0, 0.05) is 0 Å². The summed E-state index contributed by atoms with van der Waals surface area (Å²) >= 11 is 2.18. The lowest BCUT2D eigenvalue weighted by Gasteiger charge is -2.02. The van der Waals surface area contributed by atoms with Crippen LogP contribution in [0.15, 0.2) is 24.3 Å². The highest BCUT2D eigenvalue weighted by molar-refractivity contribution is 14.1. The van der Waals surface area contributed by atoms with Gasteiger partial charge in [0.2, 0.25) is 0 Å². The van der Waals surface area contributed by atoms with Gasteiger partial charge in [-0.05, 0) is 17.5 Å². The van der Waals surface area contributed by atoms with E-state index >= 15 is 0 Å². The Hall–Kier alpha value is -0.120. The Bertz CT molecular complexity index is 272. The first kappa shape index (κ1) is 7.53. The molecule has 11 heavy (non-hydrogen) atoms. The first-order chi connectivity index (χ1) is 5.29. The van der Waals surface area contributed by atoms with Gasteiger partial charge in [-0.2, -0.15) is 0 Å². The summed E-state index contributed by atoms with van der Waals surface area (Å²) in [6.07, 6.45) is 0.143. The highest BCUT2D eigenvalue weighted by Gasteiger charge is 2.29. The molecule has 1 aromatic rings. The Balaban J connectivity index is 2.47. The van der Waals surface area contributed by atoms with Crippen molar-refractivity contribution in [3.63, 3.8) is 0 Å². The molecule has 0 nitrogen and oxygen atoms in total. The minimum absolute atomic E-state index is 0.144. The first-order valence-electron chi connectivity index (χ1n) is 3.65. The number of fused-ring (bicyclic) bond motifs is 1. The van der Waals surface area contributed by atoms with Gasteiger partial charge in [-0.1, -0.05) is 46.9 Å². The van der Waals surface area contributed by atoms with E-state index in [4.69, 9.17) is 0 Å². The summed E-state index contributed by atoms with van der Waals surface area (Å²) < 4.78 is 13.4. The SMILES string of the molecule is F[C@H]1c2ccccc2C[C@@H]1I. The second-order valence-corrected chi connectivity index (χ2v) is 4.42. The number of hydrogen-bond acceptors (Lipinski definition) is 0. The standard InChI is InChI=1S/C9H8FI/c10-9-7-4-2-1-3-6(7)5-8(9)11/h1-4,8-9H,5H2/t8-,9-/m0/s1. The second-order valence-electron chi connectivity index (χ2n) is 2.82. The number of alkyl halides is 2. The third kappa shape index (κ3) is 1.17. The molecule has 0 N–H and O–H groups in total. The van der Waals surface area contributed by atoms with Gasteiger partial charge in [0.15, 0.2) is 0 Å². The Kier molecular flexibility index (Phi) is 1.87. The Labute approximate surface area is 78.9 Å². The zero-order valence-corrected chi connectivity index (χ0v) is 8.08. The van der Waals surface area contributed by atoms with Crippen molar-refractivity contribution in [1.82, 2.24) is 0 Å². The molecule has 0 heterocycles. The second kappa shape index (κ2) is 2.73. The molecule has 1 aromatic carbocycles. The third-order valence-electron chi connectivity index (χ3n) is 2.08. The molecule has 2 atom stereocenters. The summed E-state index contributed by atoms with van der Waals surface area (Å²) in [4.78, 5) is 0. The van der Waals surface area contributed by atoms with E-state index in [-0.39, 0.29) is 3.92 Å². The van der Waals surface area contributed by atoms with Crippen LogP contribution < -0.4 is 0 Å². The van der Waals surface area contributed by atoms with Crippen LogP contribution in [0, 0.1) is 0 Å². The van der Waals surface area contributed by atoms with Crippen LogP contribution >= 0.6 is 22.6 Å². The van der Waals surface area contributed by atoms with Crippen molar-refractivity contribution in [2.24, 2.45) is 0 Å². The van der Waals surface area contributed by atoms with Crippen LogP contribution in [0.5, 0.6) is 0 Å². The first-order valence-corrected chi connectivity index (χ1v) is 4.89. The Morgan fingerprint density at radius 1 is 1.36 bits per heavy atom. The summed E-state index contributed by atoms with van der Waals surface area (Å²) in [5, 5.41) is 0. The fraction of sp³-hybridized carbons (Fsp3) is 0.333. The van der Waals surface area contributed by atoms with Crippen LogP contribution in [0.3, 0.4) is 0 Å². The molecular weight excluding hydrogens is 254 g/mol. The van der Waals surface area contributed by atoms with Crippen LogP contribution in [0.25, 0.3) is 0 Å². The van der Waals surface area contributed by atoms with Gasteiger partial charge in [-0.3, -0.25) is 0 Å². The summed E-state index contributed by atoms with van der Waals surface area (Å²) in [7, 11) is 0. The average molecular weight is 262 g/mol. The topological polar surface area (TPSA) is 0 Å². The highest BCUT2D eigenvalue weighted by Crippen LogP contribution is 2.38. The molecule has 0 unspecified atom stereocenters. The number of hydrogen-bond donors (Lipinski definition) is 0. The van der Waals surface area contributed by atoms with Gasteiger partial charge in [0.05, 0.1) is 3.92 Å². The smallest absolute Gasteiger partial charge is 0.137 e. The van der Waals surface area contributed by atoms with Crippen molar-refractivity contribution < 1.29 is 4.39 Å². The van der Waals surface area contributed by atoms with Gasteiger partial charge in [-0.15, -0.1) is 0 Å². The van der Waals surface area contributed by atoms with Gasteiger partial charge >= 0.3 is 0 Å². The molecule has 0 saturated carbocycles. The van der Waals surface area contributed by atoms with Gasteiger partial charge < -0.3 is 0 Å². The van der Waals surface area contributed by atoms with Crippen molar-refractivity contribution in [2.75, 3.05) is 0 Å². The number of benzene rings is 1. The molecule has 0 saturated heterocycles. The summed E-state index contributed by atoms with van der Waals surface area (Å²) in [5.41, 5.74) is 2.08. The van der Waals surface area contributed by atoms with Gasteiger partial charge in [0.1, 0.15) is 6.17 Å². The van der Waals surface area contributed by atoms with E-state index in [2.05, 4.69) is 22.6 Å². The fourth-order valence-electron chi connectivity index (χ4n) is 1.50. The molecule has 0 aliphatic heterocycles. The zero-order valence-electron chi connectivity index (χ0n) is 5.93. The number of rotatable bonds is 0. The van der Waals surface area contributed by atoms with Crippen LogP contribution in [0.4, 0.5) is 4.39 Å². The third-order valence-corrected chi connectivity index (χ3v) is 3.16. The molecule has 58 valence electrons. The van der Waals surface area contributed by atoms with Crippen LogP contribution in [-0.2, 0) is 6.42 Å². The average Bonchev–Trinajstić information content (AvgIpc) is 2.30. The normalized spacial score (nSPS) is 28.5. The van der Waals surface area contributed by atoms with Crippen molar-refractivity contribution in [3.05, 3.63) is 35.4 Å². The number of halogens is 2. The molecule has 0 radical (unpaired) electrons. The molecule has 1 aliphatic rings. The van der Waals surface area contributed by atoms with Crippen LogP contribution in [0.2, 0.25) is 0 Å². The molecule has 2 rings (SSSR count). The fourth-order valence-corrected chi connectivity index (χ4v) is 2.36. The lowest BCUT2D eigenvalue weighted by molar-refractivity contribution is 0.359. The minimum atomic E-state index is -0.744. The van der Waals surface area contributed by atoms with E-state index < -0.39 is 6.17 Å². The van der Waals surface area contributed by atoms with Gasteiger partial charge in [0.25, 0.3) is 0 Å². The molecule has 1 aliphatic carbocycles. The summed E-state index contributed by atoms with van der Waals surface area (Å²) in [6, 6.07) is 7.78. The minimum Gasteiger partial charge on any atom is -0.241 e. The van der Waals surface area contributed by atoms with E-state index in [1.165, 1.54) is 5.56 Å². The monoisotopic (exact) mass is 262 g/mol. The van der Waals surface area contributed by atoms with Crippen molar-refractivity contribution in [1.29, 1.82) is 0 Å². The molecule has 0 amide bonds. The molecule has 0 fully saturated rings. The van der Waals surface area contributed by atoms with E-state index in [0.29, 0.717) is 0 Å². The van der Waals surface area contributed by atoms with Crippen molar-refractivity contribution in [3.8, 4) is 0 Å². The van der Waals surface area contributed by atoms with E-state index in [1.807, 2.05) is 24.3 Å². The molecule has 0 aromatic heterocycles. The molecule has 2 heteroatoms. The largest absolute Gasteiger partial charge is 0.241 e. The maximum atomic E-state index is 13.3. The van der Waals surface area contributed by atoms with Crippen molar-refractivity contribution >= 4 is 22.6 Å². The van der Waals surface area contributed by atoms with Crippen LogP contribution in [0.1, 0.15) is 17.3 Å². The quantitative estimate of drug-likeness (QED) is 0.498. The molecular formula is C9H8FI. The van der Waals surface area contributed by atoms with E-state index in [9.17, 15) is 4.39 Å². The lowest BCUT2D eigenvalue weighted by atomic mass is 10.1. The predicted octanol–water partition coefficient (Wildman–Crippen LogP) is 3.06. The van der Waals surface area contributed by atoms with Crippen molar-refractivity contribution in [2.45, 2.75) is 16.5 Å². The zero-order chi connectivity index (χ0) is 7.84. The Morgan fingerprint density at radius 2 is 2.09 bits per heavy atom. The maximum Gasteiger partial charge on any atom is 0.137 e. The highest BCUT2D eigenvalue weighted by atomic mass is 127. The lowest BCUT2D eigenvalue weighted by Crippen LogP contribution is -1.98. The van der Waals surface area contributed by atoms with Gasteiger partial charge in [-0.25, -0.2) is 4.39 Å². The van der Waals surface area contributed by atoms with Crippen LogP contribution in [-0.4, -0.2) is 3.92 Å². The predicted molar refractivity (Wildman–Crippen MR) is 51.8 cm³/mol. The maximum absolute atomic E-state index is 13.3. The summed E-state index contributed by atoms with van der Waals surface area (Å²) in [6.45, 7) is 0. The van der Waals surface area contributed by atoms with E-state index in [0.717, 1.165) is 12.0 Å². The summed E-state index contributed by atoms with van der Waals surface area (Å²) in [5.74, 6) is 0. The Morgan fingerprint density at radius 3 is 2.82 bits per heavy atom. The molecule has 0 spiro atoms. The molecule has 0 bridgehead atoms. The van der Waals surface area contributed by atoms with E-state index in [1.54, 1.807) is 0 Å².